The van der Waals surface area contributed by atoms with Crippen LogP contribution in [0.5, 0.6) is 5.75 Å². The number of rotatable bonds is 8. The van der Waals surface area contributed by atoms with E-state index in [1.807, 2.05) is 52.0 Å². The molecule has 0 spiro atoms. The van der Waals surface area contributed by atoms with Crippen molar-refractivity contribution in [1.82, 2.24) is 0 Å². The third-order valence-corrected chi connectivity index (χ3v) is 6.37. The summed E-state index contributed by atoms with van der Waals surface area (Å²) in [5.41, 5.74) is 3.59. The lowest BCUT2D eigenvalue weighted by Gasteiger charge is -2.26. The Morgan fingerprint density at radius 2 is 1.66 bits per heavy atom. The first-order valence-electron chi connectivity index (χ1n) is 12.6. The minimum atomic E-state index is -0.861. The van der Waals surface area contributed by atoms with Gasteiger partial charge in [-0.1, -0.05) is 36.8 Å². The maximum Gasteiger partial charge on any atom is 0.338 e. The molecule has 1 atom stereocenters. The van der Waals surface area contributed by atoms with E-state index in [1.165, 1.54) is 4.90 Å². The molecule has 38 heavy (non-hydrogen) atoms. The highest BCUT2D eigenvalue weighted by molar-refractivity contribution is 6.51. The van der Waals surface area contributed by atoms with E-state index in [2.05, 4.69) is 0 Å². The van der Waals surface area contributed by atoms with Crippen LogP contribution in [0.25, 0.3) is 5.76 Å². The topological polar surface area (TPSA) is 93.1 Å². The summed E-state index contributed by atoms with van der Waals surface area (Å²) >= 11 is 0. The number of esters is 1. The van der Waals surface area contributed by atoms with Crippen LogP contribution in [0.15, 0.2) is 72.3 Å². The van der Waals surface area contributed by atoms with E-state index in [4.69, 9.17) is 9.47 Å². The van der Waals surface area contributed by atoms with Gasteiger partial charge in [-0.05, 0) is 80.8 Å². The molecule has 0 saturated carbocycles. The average molecular weight is 514 g/mol. The lowest BCUT2D eigenvalue weighted by Crippen LogP contribution is -2.29. The second-order valence-electron chi connectivity index (χ2n) is 9.18. The molecule has 1 unspecified atom stereocenters. The van der Waals surface area contributed by atoms with Gasteiger partial charge in [0.15, 0.2) is 0 Å². The molecular formula is C31H31NO6. The minimum absolute atomic E-state index is 0.00408. The minimum Gasteiger partial charge on any atom is -0.507 e. The van der Waals surface area contributed by atoms with Crippen molar-refractivity contribution in [2.45, 2.75) is 40.2 Å². The van der Waals surface area contributed by atoms with Gasteiger partial charge in [0, 0.05) is 11.3 Å². The summed E-state index contributed by atoms with van der Waals surface area (Å²) in [5.74, 6) is -1.59. The fourth-order valence-electron chi connectivity index (χ4n) is 4.56. The number of ether oxygens (including phenoxy) is 2. The third kappa shape index (κ3) is 5.18. The van der Waals surface area contributed by atoms with Gasteiger partial charge in [-0.25, -0.2) is 4.79 Å². The molecule has 1 heterocycles. The highest BCUT2D eigenvalue weighted by Gasteiger charge is 2.47. The highest BCUT2D eigenvalue weighted by atomic mass is 16.5. The van der Waals surface area contributed by atoms with Crippen molar-refractivity contribution < 1.29 is 29.0 Å². The van der Waals surface area contributed by atoms with Gasteiger partial charge >= 0.3 is 5.97 Å². The van der Waals surface area contributed by atoms with Gasteiger partial charge in [-0.2, -0.15) is 0 Å². The molecule has 1 fully saturated rings. The van der Waals surface area contributed by atoms with Crippen LogP contribution in [-0.4, -0.2) is 36.0 Å². The second kappa shape index (κ2) is 11.3. The van der Waals surface area contributed by atoms with Crippen molar-refractivity contribution in [3.63, 3.8) is 0 Å². The number of hydrogen-bond acceptors (Lipinski definition) is 6. The number of nitrogens with zero attached hydrogens (tertiary/aromatic N) is 1. The number of aliphatic hydroxyl groups excluding tert-OH is 1. The van der Waals surface area contributed by atoms with Crippen molar-refractivity contribution >= 4 is 29.1 Å². The molecule has 7 heteroatoms. The molecule has 4 rings (SSSR count). The average Bonchev–Trinajstić information content (AvgIpc) is 3.18. The molecule has 1 saturated heterocycles. The molecule has 3 aromatic rings. The van der Waals surface area contributed by atoms with Crippen LogP contribution in [0.2, 0.25) is 0 Å². The Morgan fingerprint density at radius 3 is 2.29 bits per heavy atom. The highest BCUT2D eigenvalue weighted by Crippen LogP contribution is 2.42. The number of carbonyl (C=O) groups excluding carboxylic acids is 3. The van der Waals surface area contributed by atoms with Crippen molar-refractivity contribution in [3.8, 4) is 5.75 Å². The largest absolute Gasteiger partial charge is 0.507 e. The Morgan fingerprint density at radius 1 is 0.947 bits per heavy atom. The molecule has 1 N–H and O–H groups in total. The fraction of sp³-hybridized carbons (Fsp3) is 0.258. The number of hydrogen-bond donors (Lipinski definition) is 1. The van der Waals surface area contributed by atoms with E-state index in [1.54, 1.807) is 42.5 Å². The van der Waals surface area contributed by atoms with E-state index in [9.17, 15) is 19.5 Å². The van der Waals surface area contributed by atoms with Gasteiger partial charge in [0.05, 0.1) is 30.4 Å². The molecule has 1 amide bonds. The van der Waals surface area contributed by atoms with Crippen LogP contribution in [-0.2, 0) is 14.3 Å². The van der Waals surface area contributed by atoms with Crippen molar-refractivity contribution in [2.75, 3.05) is 18.1 Å². The Hall–Kier alpha value is -4.39. The van der Waals surface area contributed by atoms with E-state index in [0.29, 0.717) is 47.8 Å². The zero-order valence-electron chi connectivity index (χ0n) is 22.0. The van der Waals surface area contributed by atoms with Gasteiger partial charge in [0.25, 0.3) is 11.7 Å². The number of Topliss-reactive ketones (excluding diaryl/α,β-unsaturated/α-hetero) is 1. The maximum absolute atomic E-state index is 13.4. The predicted octanol–water partition coefficient (Wildman–Crippen LogP) is 5.90. The SMILES string of the molecule is CCCOC(=O)c1ccc(N2C(=O)C(=O)/C(=C(\O)c3ccc(OCC)c(C)c3)C2c2cccc(C)c2)cc1. The molecule has 1 aliphatic rings. The van der Waals surface area contributed by atoms with Crippen LogP contribution in [0.4, 0.5) is 5.69 Å². The molecular weight excluding hydrogens is 482 g/mol. The Bertz CT molecular complexity index is 1410. The standard InChI is InChI=1S/C31H31NO6/c1-5-16-38-31(36)21-10-13-24(14-11-21)32-27(22-9-7-8-19(3)17-22)26(29(34)30(32)35)28(33)23-12-15-25(37-6-2)20(4)18-23/h7-15,17-18,27,33H,5-6,16H2,1-4H3/b28-26-. The number of carbonyl (C=O) groups is 3. The number of benzene rings is 3. The van der Waals surface area contributed by atoms with Crippen LogP contribution >= 0.6 is 0 Å². The van der Waals surface area contributed by atoms with Crippen LogP contribution in [0.1, 0.15) is 58.9 Å². The summed E-state index contributed by atoms with van der Waals surface area (Å²) in [6.45, 7) is 8.38. The Kier molecular flexibility index (Phi) is 7.96. The number of amides is 1. The summed E-state index contributed by atoms with van der Waals surface area (Å²) in [6.07, 6.45) is 0.707. The molecule has 0 aliphatic carbocycles. The normalized spacial score (nSPS) is 16.5. The molecule has 0 aromatic heterocycles. The summed E-state index contributed by atoms with van der Waals surface area (Å²) in [5, 5.41) is 11.4. The van der Waals surface area contributed by atoms with Gasteiger partial charge in [-0.3, -0.25) is 14.5 Å². The van der Waals surface area contributed by atoms with Crippen LogP contribution in [0, 0.1) is 13.8 Å². The van der Waals surface area contributed by atoms with Gasteiger partial charge < -0.3 is 14.6 Å². The van der Waals surface area contributed by atoms with Crippen molar-refractivity contribution in [1.29, 1.82) is 0 Å². The molecule has 1 aliphatic heterocycles. The first-order chi connectivity index (χ1) is 18.3. The summed E-state index contributed by atoms with van der Waals surface area (Å²) in [6, 6.07) is 18.1. The van der Waals surface area contributed by atoms with E-state index in [0.717, 1.165) is 11.1 Å². The van der Waals surface area contributed by atoms with E-state index in [-0.39, 0.29) is 11.3 Å². The maximum atomic E-state index is 13.4. The zero-order chi connectivity index (χ0) is 27.4. The number of ketones is 1. The summed E-state index contributed by atoms with van der Waals surface area (Å²) in [4.78, 5) is 40.4. The number of aryl methyl sites for hydroxylation is 2. The number of anilines is 1. The fourth-order valence-corrected chi connectivity index (χ4v) is 4.56. The lowest BCUT2D eigenvalue weighted by atomic mass is 9.93. The van der Waals surface area contributed by atoms with E-state index < -0.39 is 23.7 Å². The molecule has 196 valence electrons. The first-order valence-corrected chi connectivity index (χ1v) is 12.6. The summed E-state index contributed by atoms with van der Waals surface area (Å²) in [7, 11) is 0. The molecule has 3 aromatic carbocycles. The molecule has 0 radical (unpaired) electrons. The summed E-state index contributed by atoms with van der Waals surface area (Å²) < 4.78 is 10.8. The van der Waals surface area contributed by atoms with Crippen molar-refractivity contribution in [2.24, 2.45) is 0 Å². The first kappa shape index (κ1) is 26.7. The smallest absolute Gasteiger partial charge is 0.338 e. The zero-order valence-corrected chi connectivity index (χ0v) is 22.0. The van der Waals surface area contributed by atoms with Gasteiger partial charge in [0.1, 0.15) is 11.5 Å². The molecule has 7 nitrogen and oxygen atoms in total. The second-order valence-corrected chi connectivity index (χ2v) is 9.18. The monoisotopic (exact) mass is 513 g/mol. The predicted molar refractivity (Wildman–Crippen MR) is 145 cm³/mol. The van der Waals surface area contributed by atoms with Crippen LogP contribution < -0.4 is 9.64 Å². The van der Waals surface area contributed by atoms with E-state index >= 15 is 0 Å². The Balaban J connectivity index is 1.82. The quantitative estimate of drug-likeness (QED) is 0.175. The third-order valence-electron chi connectivity index (χ3n) is 6.37. The van der Waals surface area contributed by atoms with Crippen LogP contribution in [0.3, 0.4) is 0 Å². The van der Waals surface area contributed by atoms with Gasteiger partial charge in [-0.15, -0.1) is 0 Å². The lowest BCUT2D eigenvalue weighted by molar-refractivity contribution is -0.132. The number of aliphatic hydroxyl groups is 1. The Labute approximate surface area is 222 Å². The molecule has 0 bridgehead atoms. The van der Waals surface area contributed by atoms with Crippen molar-refractivity contribution in [3.05, 3.63) is 100 Å². The van der Waals surface area contributed by atoms with Gasteiger partial charge in [0.2, 0.25) is 0 Å².